The number of carboxylic acid groups (broad SMARTS) is 2. The second-order valence-corrected chi connectivity index (χ2v) is 6.59. The molecule has 0 aliphatic carbocycles. The first kappa shape index (κ1) is 26.0. The van der Waals surface area contributed by atoms with Crippen molar-refractivity contribution in [3.8, 4) is 11.5 Å². The van der Waals surface area contributed by atoms with E-state index in [4.69, 9.17) is 29.4 Å². The fourth-order valence-electron chi connectivity index (χ4n) is 2.91. The van der Waals surface area contributed by atoms with E-state index in [9.17, 15) is 9.59 Å². The molecule has 1 heterocycles. The third kappa shape index (κ3) is 9.52. The van der Waals surface area contributed by atoms with Gasteiger partial charge in [-0.3, -0.25) is 4.99 Å². The van der Waals surface area contributed by atoms with Crippen molar-refractivity contribution in [1.82, 2.24) is 4.90 Å². The van der Waals surface area contributed by atoms with Crippen molar-refractivity contribution in [2.75, 3.05) is 40.5 Å². The Morgan fingerprint density at radius 1 is 1.13 bits per heavy atom. The van der Waals surface area contributed by atoms with Crippen LogP contribution in [-0.4, -0.2) is 73.3 Å². The normalized spacial score (nSPS) is 15.5. The van der Waals surface area contributed by atoms with Crippen LogP contribution in [0.5, 0.6) is 11.5 Å². The van der Waals surface area contributed by atoms with E-state index >= 15 is 0 Å². The minimum Gasteiger partial charge on any atom is -0.490 e. The van der Waals surface area contributed by atoms with Crippen molar-refractivity contribution >= 4 is 17.8 Å². The van der Waals surface area contributed by atoms with Gasteiger partial charge in [-0.2, -0.15) is 0 Å². The Hall–Kier alpha value is -3.07. The zero-order chi connectivity index (χ0) is 23.2. The summed E-state index contributed by atoms with van der Waals surface area (Å²) in [5.41, 5.74) is 1.06. The number of aliphatic imine (C=N–C) groups is 1. The Bertz CT molecular complexity index is 761. The molecule has 1 aromatic carbocycles. The van der Waals surface area contributed by atoms with Gasteiger partial charge in [0.1, 0.15) is 6.10 Å². The predicted octanol–water partition coefficient (Wildman–Crippen LogP) is 3.01. The largest absolute Gasteiger partial charge is 0.490 e. The number of methoxy groups -OCH3 is 1. The lowest BCUT2D eigenvalue weighted by molar-refractivity contribution is -0.134. The molecule has 31 heavy (non-hydrogen) atoms. The monoisotopic (exact) mass is 436 g/mol. The Morgan fingerprint density at radius 2 is 1.74 bits per heavy atom. The molecule has 9 nitrogen and oxygen atoms in total. The van der Waals surface area contributed by atoms with E-state index in [1.165, 1.54) is 12.3 Å². The minimum absolute atomic E-state index is 0.0774. The summed E-state index contributed by atoms with van der Waals surface area (Å²) in [6.45, 7) is 6.87. The zero-order valence-electron chi connectivity index (χ0n) is 18.5. The van der Waals surface area contributed by atoms with Crippen molar-refractivity contribution in [3.63, 3.8) is 0 Å². The number of carbonyl (C=O) groups is 2. The van der Waals surface area contributed by atoms with Crippen LogP contribution < -0.4 is 9.47 Å². The number of amidine groups is 1. The van der Waals surface area contributed by atoms with Crippen LogP contribution in [0.2, 0.25) is 0 Å². The van der Waals surface area contributed by atoms with Gasteiger partial charge in [0.15, 0.2) is 11.5 Å². The number of rotatable bonds is 10. The number of carboxylic acids is 2. The van der Waals surface area contributed by atoms with Crippen molar-refractivity contribution < 1.29 is 34.0 Å². The van der Waals surface area contributed by atoms with Gasteiger partial charge in [-0.05, 0) is 38.0 Å². The molecule has 172 valence electrons. The van der Waals surface area contributed by atoms with E-state index in [1.54, 1.807) is 7.11 Å². The van der Waals surface area contributed by atoms with Gasteiger partial charge in [-0.1, -0.05) is 6.07 Å². The number of likely N-dealkylation sites (tertiary alicyclic amines) is 1. The van der Waals surface area contributed by atoms with Crippen LogP contribution >= 0.6 is 0 Å². The summed E-state index contributed by atoms with van der Waals surface area (Å²) in [4.78, 5) is 26.1. The van der Waals surface area contributed by atoms with E-state index < -0.39 is 11.9 Å². The van der Waals surface area contributed by atoms with Gasteiger partial charge >= 0.3 is 11.9 Å². The van der Waals surface area contributed by atoms with E-state index in [1.807, 2.05) is 32.0 Å². The Labute approximate surface area is 182 Å². The standard InChI is InChI=1S/C18H28N2O3.C4H4O4/c1-5-22-15-10-9-14(12-16(15)23-6-2)17(21-4)13-19-18-8-7-11-20(18)3;5-3(6)1-2-4(7)8/h9-10,12,17H,5-8,11,13H2,1-4H3;1-2H,(H,5,6)(H,7,8)/b;2-1+. The van der Waals surface area contributed by atoms with Gasteiger partial charge in [-0.25, -0.2) is 9.59 Å². The van der Waals surface area contributed by atoms with Gasteiger partial charge in [-0.15, -0.1) is 0 Å². The van der Waals surface area contributed by atoms with Gasteiger partial charge in [0.2, 0.25) is 0 Å². The SMILES string of the molecule is CCOc1ccc(C(CN=C2CCCN2C)OC)cc1OCC.O=C(O)/C=C/C(=O)O. The van der Waals surface area contributed by atoms with Crippen LogP contribution in [0.3, 0.4) is 0 Å². The molecular weight excluding hydrogens is 404 g/mol. The van der Waals surface area contributed by atoms with Crippen molar-refractivity contribution in [2.24, 2.45) is 4.99 Å². The lowest BCUT2D eigenvalue weighted by Gasteiger charge is -2.18. The van der Waals surface area contributed by atoms with Crippen LogP contribution in [0.15, 0.2) is 35.3 Å². The predicted molar refractivity (Wildman–Crippen MR) is 117 cm³/mol. The number of ether oxygens (including phenoxy) is 3. The highest BCUT2D eigenvalue weighted by Gasteiger charge is 2.17. The molecule has 0 bridgehead atoms. The molecule has 1 aromatic rings. The molecule has 1 unspecified atom stereocenters. The molecule has 1 fully saturated rings. The Morgan fingerprint density at radius 3 is 2.23 bits per heavy atom. The third-order valence-electron chi connectivity index (χ3n) is 4.37. The maximum atomic E-state index is 9.55. The molecule has 1 saturated heterocycles. The number of hydrogen-bond acceptors (Lipinski definition) is 6. The molecule has 1 atom stereocenters. The summed E-state index contributed by atoms with van der Waals surface area (Å²) in [5.74, 6) is 0.192. The molecule has 9 heteroatoms. The summed E-state index contributed by atoms with van der Waals surface area (Å²) in [6, 6.07) is 5.98. The highest BCUT2D eigenvalue weighted by atomic mass is 16.5. The third-order valence-corrected chi connectivity index (χ3v) is 4.37. The lowest BCUT2D eigenvalue weighted by atomic mass is 10.1. The maximum absolute atomic E-state index is 9.55. The highest BCUT2D eigenvalue weighted by Crippen LogP contribution is 2.32. The Kier molecular flexibility index (Phi) is 11.7. The first-order valence-corrected chi connectivity index (χ1v) is 10.1. The van der Waals surface area contributed by atoms with E-state index in [2.05, 4.69) is 11.9 Å². The van der Waals surface area contributed by atoms with Crippen molar-refractivity contribution in [2.45, 2.75) is 32.8 Å². The first-order chi connectivity index (χ1) is 14.8. The summed E-state index contributed by atoms with van der Waals surface area (Å²) in [6.07, 6.45) is 3.28. The van der Waals surface area contributed by atoms with E-state index in [0.717, 1.165) is 30.0 Å². The van der Waals surface area contributed by atoms with Crippen LogP contribution in [0.25, 0.3) is 0 Å². The minimum atomic E-state index is -1.26. The van der Waals surface area contributed by atoms with E-state index in [-0.39, 0.29) is 6.10 Å². The number of benzene rings is 1. The van der Waals surface area contributed by atoms with Crippen LogP contribution in [0.1, 0.15) is 38.4 Å². The molecule has 2 N–H and O–H groups in total. The Balaban J connectivity index is 0.000000512. The average Bonchev–Trinajstić information content (AvgIpc) is 3.14. The number of nitrogens with zero attached hydrogens (tertiary/aromatic N) is 2. The van der Waals surface area contributed by atoms with Crippen molar-refractivity contribution in [1.29, 1.82) is 0 Å². The molecule has 2 rings (SSSR count). The fraction of sp³-hybridized carbons (Fsp3) is 0.500. The molecule has 0 saturated carbocycles. The average molecular weight is 437 g/mol. The maximum Gasteiger partial charge on any atom is 0.328 e. The molecule has 0 spiro atoms. The first-order valence-electron chi connectivity index (χ1n) is 10.1. The van der Waals surface area contributed by atoms with Crippen molar-refractivity contribution in [3.05, 3.63) is 35.9 Å². The van der Waals surface area contributed by atoms with Gasteiger partial charge < -0.3 is 29.3 Å². The molecule has 0 amide bonds. The molecule has 0 radical (unpaired) electrons. The quantitative estimate of drug-likeness (QED) is 0.538. The van der Waals surface area contributed by atoms with Gasteiger partial charge in [0.25, 0.3) is 0 Å². The summed E-state index contributed by atoms with van der Waals surface area (Å²) < 4.78 is 17.0. The molecule has 1 aliphatic rings. The lowest BCUT2D eigenvalue weighted by Crippen LogP contribution is -2.20. The summed E-state index contributed by atoms with van der Waals surface area (Å²) >= 11 is 0. The van der Waals surface area contributed by atoms with Crippen LogP contribution in [0.4, 0.5) is 0 Å². The van der Waals surface area contributed by atoms with Gasteiger partial charge in [0.05, 0.1) is 25.6 Å². The smallest absolute Gasteiger partial charge is 0.328 e. The zero-order valence-corrected chi connectivity index (χ0v) is 18.5. The molecule has 1 aliphatic heterocycles. The van der Waals surface area contributed by atoms with Crippen LogP contribution in [0, 0.1) is 0 Å². The molecular formula is C22H32N2O7. The fourth-order valence-corrected chi connectivity index (χ4v) is 2.91. The number of hydrogen-bond donors (Lipinski definition) is 2. The van der Waals surface area contributed by atoms with Gasteiger partial charge in [0, 0.05) is 39.3 Å². The topological polar surface area (TPSA) is 118 Å². The van der Waals surface area contributed by atoms with Crippen LogP contribution in [-0.2, 0) is 14.3 Å². The summed E-state index contributed by atoms with van der Waals surface area (Å²) in [7, 11) is 3.82. The second-order valence-electron chi connectivity index (χ2n) is 6.59. The second kappa shape index (κ2) is 14.0. The number of aliphatic carboxylic acids is 2. The highest BCUT2D eigenvalue weighted by molar-refractivity contribution is 5.89. The van der Waals surface area contributed by atoms with E-state index in [0.29, 0.717) is 31.9 Å². The summed E-state index contributed by atoms with van der Waals surface area (Å²) in [5, 5.41) is 15.6. The molecule has 0 aromatic heterocycles.